The van der Waals surface area contributed by atoms with Crippen LogP contribution in [-0.4, -0.2) is 17.5 Å². The third kappa shape index (κ3) is 3.13. The van der Waals surface area contributed by atoms with Crippen molar-refractivity contribution in [3.05, 3.63) is 45.5 Å². The smallest absolute Gasteiger partial charge is 0.270 e. The Labute approximate surface area is 91.5 Å². The molecule has 0 saturated carbocycles. The third-order valence-electron chi connectivity index (χ3n) is 1.85. The fourth-order valence-corrected chi connectivity index (χ4v) is 1.19. The predicted molar refractivity (Wildman–Crippen MR) is 58.2 cm³/mol. The fourth-order valence-electron chi connectivity index (χ4n) is 1.19. The van der Waals surface area contributed by atoms with Crippen molar-refractivity contribution >= 4 is 24.3 Å². The Hall–Kier alpha value is -2.30. The van der Waals surface area contributed by atoms with E-state index in [1.54, 1.807) is 12.2 Å². The van der Waals surface area contributed by atoms with Crippen molar-refractivity contribution < 1.29 is 14.5 Å². The zero-order valence-electron chi connectivity index (χ0n) is 8.33. The minimum absolute atomic E-state index is 0.143. The van der Waals surface area contributed by atoms with E-state index in [2.05, 4.69) is 0 Å². The highest BCUT2D eigenvalue weighted by molar-refractivity contribution is 5.78. The molecule has 1 aromatic rings. The zero-order chi connectivity index (χ0) is 12.0. The van der Waals surface area contributed by atoms with Crippen LogP contribution in [0.4, 0.5) is 5.69 Å². The van der Waals surface area contributed by atoms with Crippen LogP contribution in [0.2, 0.25) is 0 Å². The number of nitro benzene ring substituents is 1. The molecule has 0 aliphatic rings. The largest absolute Gasteiger partial charge is 0.303 e. The molecule has 0 aliphatic carbocycles. The van der Waals surface area contributed by atoms with Crippen LogP contribution < -0.4 is 0 Å². The van der Waals surface area contributed by atoms with E-state index in [1.165, 1.54) is 18.2 Å². The topological polar surface area (TPSA) is 77.3 Å². The van der Waals surface area contributed by atoms with Gasteiger partial charge in [-0.3, -0.25) is 14.9 Å². The van der Waals surface area contributed by atoms with Crippen LogP contribution in [0, 0.1) is 10.1 Å². The molecule has 0 bridgehead atoms. The van der Waals surface area contributed by atoms with Crippen LogP contribution in [-0.2, 0) is 4.79 Å². The van der Waals surface area contributed by atoms with Gasteiger partial charge in [-0.2, -0.15) is 0 Å². The van der Waals surface area contributed by atoms with Crippen LogP contribution >= 0.6 is 0 Å². The number of allylic oxidation sites excluding steroid dienone is 1. The van der Waals surface area contributed by atoms with Gasteiger partial charge in [0.1, 0.15) is 12.6 Å². The molecule has 16 heavy (non-hydrogen) atoms. The molecule has 0 aliphatic heterocycles. The molecule has 5 nitrogen and oxygen atoms in total. The van der Waals surface area contributed by atoms with Crippen LogP contribution in [0.25, 0.3) is 6.08 Å². The number of hydrogen-bond acceptors (Lipinski definition) is 4. The van der Waals surface area contributed by atoms with E-state index < -0.39 is 4.92 Å². The Morgan fingerprint density at radius 2 is 1.88 bits per heavy atom. The molecule has 0 atom stereocenters. The van der Waals surface area contributed by atoms with Gasteiger partial charge in [-0.15, -0.1) is 0 Å². The molecule has 1 rings (SSSR count). The van der Waals surface area contributed by atoms with Crippen molar-refractivity contribution in [1.29, 1.82) is 0 Å². The summed E-state index contributed by atoms with van der Waals surface area (Å²) in [5.41, 5.74) is 0.619. The Morgan fingerprint density at radius 1 is 1.19 bits per heavy atom. The van der Waals surface area contributed by atoms with Gasteiger partial charge in [-0.25, -0.2) is 0 Å². The highest BCUT2D eigenvalue weighted by atomic mass is 16.6. The maximum Gasteiger partial charge on any atom is 0.270 e. The molecule has 0 saturated heterocycles. The molecule has 0 spiro atoms. The van der Waals surface area contributed by atoms with Crippen molar-refractivity contribution in [2.75, 3.05) is 0 Å². The average Bonchev–Trinajstić information content (AvgIpc) is 2.29. The van der Waals surface area contributed by atoms with E-state index in [-0.39, 0.29) is 17.7 Å². The number of carbonyl (C=O) groups is 2. The first-order chi connectivity index (χ1) is 7.67. The SMILES string of the molecule is O=CCC=Cc1cc(C=O)cc([N+](=O)[O-])c1. The van der Waals surface area contributed by atoms with Gasteiger partial charge in [-0.05, 0) is 11.6 Å². The van der Waals surface area contributed by atoms with Crippen LogP contribution in [0.5, 0.6) is 0 Å². The standard InChI is InChI=1S/C11H9NO4/c13-4-2-1-3-9-5-10(8-14)7-11(6-9)12(15)16/h1,3-8H,2H2. The molecule has 5 heteroatoms. The number of benzene rings is 1. The Bertz CT molecular complexity index is 451. The van der Waals surface area contributed by atoms with Crippen LogP contribution in [0.3, 0.4) is 0 Å². The van der Waals surface area contributed by atoms with E-state index in [4.69, 9.17) is 0 Å². The summed E-state index contributed by atoms with van der Waals surface area (Å²) >= 11 is 0. The Morgan fingerprint density at radius 3 is 2.44 bits per heavy atom. The van der Waals surface area contributed by atoms with Crippen molar-refractivity contribution in [3.63, 3.8) is 0 Å². The molecule has 82 valence electrons. The summed E-state index contributed by atoms with van der Waals surface area (Å²) in [5.74, 6) is 0. The minimum Gasteiger partial charge on any atom is -0.303 e. The highest BCUT2D eigenvalue weighted by Crippen LogP contribution is 2.17. The molecule has 0 heterocycles. The normalized spacial score (nSPS) is 10.2. The molecule has 0 radical (unpaired) electrons. The molecule has 1 aromatic carbocycles. The maximum atomic E-state index is 10.6. The molecule has 0 fully saturated rings. The number of hydrogen-bond donors (Lipinski definition) is 0. The van der Waals surface area contributed by atoms with Crippen molar-refractivity contribution in [1.82, 2.24) is 0 Å². The number of rotatable bonds is 5. The first-order valence-electron chi connectivity index (χ1n) is 4.52. The number of aldehydes is 2. The molecular formula is C11H9NO4. The number of non-ortho nitro benzene ring substituents is 1. The lowest BCUT2D eigenvalue weighted by molar-refractivity contribution is -0.384. The van der Waals surface area contributed by atoms with E-state index in [1.807, 2.05) is 0 Å². The van der Waals surface area contributed by atoms with Crippen molar-refractivity contribution in [3.8, 4) is 0 Å². The lowest BCUT2D eigenvalue weighted by Crippen LogP contribution is -1.91. The highest BCUT2D eigenvalue weighted by Gasteiger charge is 2.07. The van der Waals surface area contributed by atoms with Gasteiger partial charge in [0.2, 0.25) is 0 Å². The number of carbonyl (C=O) groups excluding carboxylic acids is 2. The molecule has 0 aromatic heterocycles. The number of nitrogens with zero attached hydrogens (tertiary/aromatic N) is 1. The van der Waals surface area contributed by atoms with Crippen molar-refractivity contribution in [2.45, 2.75) is 6.42 Å². The van der Waals surface area contributed by atoms with Crippen LogP contribution in [0.1, 0.15) is 22.3 Å². The quantitative estimate of drug-likeness (QED) is 0.431. The summed E-state index contributed by atoms with van der Waals surface area (Å²) in [6.45, 7) is 0. The zero-order valence-corrected chi connectivity index (χ0v) is 8.33. The monoisotopic (exact) mass is 219 g/mol. The summed E-state index contributed by atoms with van der Waals surface area (Å²) in [4.78, 5) is 30.6. The lowest BCUT2D eigenvalue weighted by atomic mass is 10.1. The Kier molecular flexibility index (Phi) is 4.08. The summed E-state index contributed by atoms with van der Waals surface area (Å²) in [6, 6.07) is 4.06. The van der Waals surface area contributed by atoms with Gasteiger partial charge < -0.3 is 4.79 Å². The van der Waals surface area contributed by atoms with E-state index >= 15 is 0 Å². The predicted octanol–water partition coefficient (Wildman–Crippen LogP) is 2.01. The van der Waals surface area contributed by atoms with Gasteiger partial charge in [0.15, 0.2) is 0 Å². The summed E-state index contributed by atoms with van der Waals surface area (Å²) < 4.78 is 0. The second kappa shape index (κ2) is 5.55. The van der Waals surface area contributed by atoms with Gasteiger partial charge in [0, 0.05) is 24.1 Å². The summed E-state index contributed by atoms with van der Waals surface area (Å²) in [5, 5.41) is 10.6. The second-order valence-corrected chi connectivity index (χ2v) is 3.04. The third-order valence-corrected chi connectivity index (χ3v) is 1.85. The molecule has 0 unspecified atom stereocenters. The van der Waals surface area contributed by atoms with E-state index in [0.29, 0.717) is 18.1 Å². The average molecular weight is 219 g/mol. The molecule has 0 amide bonds. The fraction of sp³-hybridized carbons (Fsp3) is 0.0909. The summed E-state index contributed by atoms with van der Waals surface area (Å²) in [6.07, 6.45) is 4.63. The molecular weight excluding hydrogens is 210 g/mol. The van der Waals surface area contributed by atoms with Gasteiger partial charge in [0.05, 0.1) is 4.92 Å². The minimum atomic E-state index is -0.565. The first kappa shape index (κ1) is 11.8. The second-order valence-electron chi connectivity index (χ2n) is 3.04. The van der Waals surface area contributed by atoms with Crippen LogP contribution in [0.15, 0.2) is 24.3 Å². The van der Waals surface area contributed by atoms with Crippen molar-refractivity contribution in [2.24, 2.45) is 0 Å². The summed E-state index contributed by atoms with van der Waals surface area (Å²) in [7, 11) is 0. The van der Waals surface area contributed by atoms with Gasteiger partial charge in [-0.1, -0.05) is 12.2 Å². The number of nitro groups is 1. The molecule has 0 N–H and O–H groups in total. The van der Waals surface area contributed by atoms with Gasteiger partial charge >= 0.3 is 0 Å². The maximum absolute atomic E-state index is 10.6. The Balaban J connectivity index is 3.08. The van der Waals surface area contributed by atoms with E-state index in [9.17, 15) is 19.7 Å². The van der Waals surface area contributed by atoms with Gasteiger partial charge in [0.25, 0.3) is 5.69 Å². The lowest BCUT2D eigenvalue weighted by Gasteiger charge is -1.96. The van der Waals surface area contributed by atoms with E-state index in [0.717, 1.165) is 0 Å². The first-order valence-corrected chi connectivity index (χ1v) is 4.52.